The van der Waals surface area contributed by atoms with Gasteiger partial charge in [0.25, 0.3) is 5.91 Å². The Bertz CT molecular complexity index is 744. The highest BCUT2D eigenvalue weighted by Gasteiger charge is 2.08. The highest BCUT2D eigenvalue weighted by Crippen LogP contribution is 2.28. The highest BCUT2D eigenvalue weighted by atomic mass is 79.9. The Hall–Kier alpha value is -2.01. The lowest BCUT2D eigenvalue weighted by Gasteiger charge is -2.13. The van der Waals surface area contributed by atoms with Gasteiger partial charge in [0.15, 0.2) is 6.61 Å². The molecule has 0 saturated heterocycles. The van der Waals surface area contributed by atoms with Crippen LogP contribution in [0, 0.1) is 0 Å². The Balaban J connectivity index is 1.84. The Morgan fingerprint density at radius 1 is 1.12 bits per heavy atom. The second kappa shape index (κ2) is 9.62. The van der Waals surface area contributed by atoms with Gasteiger partial charge in [-0.05, 0) is 71.1 Å². The summed E-state index contributed by atoms with van der Waals surface area (Å²) in [4.78, 5) is 12.1. The summed E-state index contributed by atoms with van der Waals surface area (Å²) in [5.74, 6) is 1.74. The van der Waals surface area contributed by atoms with E-state index in [1.54, 1.807) is 0 Å². The molecule has 0 spiro atoms. The number of benzene rings is 2. The van der Waals surface area contributed by atoms with Crippen LogP contribution in [-0.2, 0) is 11.3 Å². The van der Waals surface area contributed by atoms with Gasteiger partial charge in [-0.2, -0.15) is 0 Å². The van der Waals surface area contributed by atoms with Gasteiger partial charge in [-0.3, -0.25) is 4.79 Å². The van der Waals surface area contributed by atoms with Gasteiger partial charge in [0.1, 0.15) is 11.5 Å². The fourth-order valence-electron chi connectivity index (χ4n) is 2.39. The maximum absolute atomic E-state index is 12.1. The van der Waals surface area contributed by atoms with Gasteiger partial charge in [-0.15, -0.1) is 0 Å². The van der Waals surface area contributed by atoms with Crippen LogP contribution in [0.1, 0.15) is 44.7 Å². The maximum Gasteiger partial charge on any atom is 0.258 e. The monoisotopic (exact) mass is 419 g/mol. The van der Waals surface area contributed by atoms with Gasteiger partial charge in [0, 0.05) is 6.54 Å². The van der Waals surface area contributed by atoms with Crippen molar-refractivity contribution in [3.8, 4) is 11.5 Å². The van der Waals surface area contributed by atoms with E-state index in [4.69, 9.17) is 9.47 Å². The molecule has 0 atom stereocenters. The highest BCUT2D eigenvalue weighted by molar-refractivity contribution is 9.10. The minimum atomic E-state index is -0.167. The number of halogens is 1. The number of carbonyl (C=O) groups excluding carboxylic acids is 1. The fraction of sp³-hybridized carbons (Fsp3) is 0.381. The third-order valence-corrected chi connectivity index (χ3v) is 4.36. The van der Waals surface area contributed by atoms with Crippen LogP contribution in [0.25, 0.3) is 0 Å². The summed E-state index contributed by atoms with van der Waals surface area (Å²) in [6.45, 7) is 8.65. The molecular weight excluding hydrogens is 394 g/mol. The molecule has 0 aliphatic heterocycles. The van der Waals surface area contributed by atoms with Crippen molar-refractivity contribution in [3.05, 3.63) is 58.1 Å². The van der Waals surface area contributed by atoms with Gasteiger partial charge in [-0.1, -0.05) is 32.0 Å². The van der Waals surface area contributed by atoms with Crippen molar-refractivity contribution in [1.82, 2.24) is 5.32 Å². The molecule has 5 heteroatoms. The molecule has 140 valence electrons. The molecule has 0 aliphatic rings. The largest absolute Gasteiger partial charge is 0.491 e. The summed E-state index contributed by atoms with van der Waals surface area (Å²) in [5, 5.41) is 2.86. The van der Waals surface area contributed by atoms with Crippen LogP contribution in [0.2, 0.25) is 0 Å². The Morgan fingerprint density at radius 2 is 1.88 bits per heavy atom. The number of amides is 1. The van der Waals surface area contributed by atoms with E-state index in [9.17, 15) is 4.79 Å². The van der Waals surface area contributed by atoms with Crippen molar-refractivity contribution >= 4 is 21.8 Å². The van der Waals surface area contributed by atoms with E-state index >= 15 is 0 Å². The van der Waals surface area contributed by atoms with E-state index in [2.05, 4.69) is 35.1 Å². The third kappa shape index (κ3) is 6.37. The SMILES string of the molecule is CC(C)Oc1cccc(CNC(=O)COc2ccc(C(C)C)cc2Br)c1. The standard InChI is InChI=1S/C21H26BrNO3/c1-14(2)17-8-9-20(19(22)11-17)25-13-21(24)23-12-16-6-5-7-18(10-16)26-15(3)4/h5-11,14-15H,12-13H2,1-4H3,(H,23,24). The molecule has 0 fully saturated rings. The van der Waals surface area contributed by atoms with Crippen molar-refractivity contribution in [1.29, 1.82) is 0 Å². The predicted octanol–water partition coefficient (Wildman–Crippen LogP) is 5.05. The van der Waals surface area contributed by atoms with Crippen LogP contribution in [-0.4, -0.2) is 18.6 Å². The van der Waals surface area contributed by atoms with Gasteiger partial charge in [-0.25, -0.2) is 0 Å². The average molecular weight is 420 g/mol. The Morgan fingerprint density at radius 3 is 2.54 bits per heavy atom. The predicted molar refractivity (Wildman–Crippen MR) is 108 cm³/mol. The lowest BCUT2D eigenvalue weighted by Crippen LogP contribution is -2.28. The number of ether oxygens (including phenoxy) is 2. The van der Waals surface area contributed by atoms with Gasteiger partial charge in [0.2, 0.25) is 0 Å². The minimum Gasteiger partial charge on any atom is -0.491 e. The van der Waals surface area contributed by atoms with E-state index < -0.39 is 0 Å². The smallest absolute Gasteiger partial charge is 0.258 e. The second-order valence-corrected chi connectivity index (χ2v) is 7.58. The molecule has 0 heterocycles. The van der Waals surface area contributed by atoms with Crippen LogP contribution in [0.3, 0.4) is 0 Å². The van der Waals surface area contributed by atoms with Crippen LogP contribution in [0.15, 0.2) is 46.9 Å². The summed E-state index contributed by atoms with van der Waals surface area (Å²) in [6, 6.07) is 13.6. The molecule has 2 rings (SSSR count). The first-order chi connectivity index (χ1) is 12.3. The fourth-order valence-corrected chi connectivity index (χ4v) is 2.90. The zero-order chi connectivity index (χ0) is 19.1. The van der Waals surface area contributed by atoms with Gasteiger partial charge in [0.05, 0.1) is 10.6 Å². The van der Waals surface area contributed by atoms with Gasteiger partial charge < -0.3 is 14.8 Å². The quantitative estimate of drug-likeness (QED) is 0.650. The number of carbonyl (C=O) groups is 1. The molecule has 26 heavy (non-hydrogen) atoms. The molecule has 0 radical (unpaired) electrons. The van der Waals surface area contributed by atoms with E-state index in [1.165, 1.54) is 5.56 Å². The van der Waals surface area contributed by atoms with Crippen molar-refractivity contribution in [3.63, 3.8) is 0 Å². The first kappa shape index (κ1) is 20.3. The van der Waals surface area contributed by atoms with Crippen LogP contribution < -0.4 is 14.8 Å². The zero-order valence-electron chi connectivity index (χ0n) is 15.7. The van der Waals surface area contributed by atoms with Crippen LogP contribution in [0.5, 0.6) is 11.5 Å². The average Bonchev–Trinajstić information content (AvgIpc) is 2.58. The number of hydrogen-bond donors (Lipinski definition) is 1. The van der Waals surface area contributed by atoms with E-state index in [0.717, 1.165) is 15.8 Å². The Kier molecular flexibility index (Phi) is 7.51. The molecule has 0 saturated carbocycles. The maximum atomic E-state index is 12.1. The van der Waals surface area contributed by atoms with E-state index in [-0.39, 0.29) is 18.6 Å². The van der Waals surface area contributed by atoms with Crippen molar-refractivity contribution < 1.29 is 14.3 Å². The number of nitrogens with one attached hydrogen (secondary N) is 1. The molecular formula is C21H26BrNO3. The molecule has 0 bridgehead atoms. The van der Waals surface area contributed by atoms with Gasteiger partial charge >= 0.3 is 0 Å². The molecule has 0 unspecified atom stereocenters. The zero-order valence-corrected chi connectivity index (χ0v) is 17.3. The first-order valence-corrected chi connectivity index (χ1v) is 9.59. The molecule has 0 aliphatic carbocycles. The molecule has 2 aromatic carbocycles. The first-order valence-electron chi connectivity index (χ1n) is 8.79. The Labute approximate surface area is 164 Å². The van der Waals surface area contributed by atoms with E-state index in [1.807, 2.05) is 56.3 Å². The van der Waals surface area contributed by atoms with Crippen LogP contribution in [0.4, 0.5) is 0 Å². The lowest BCUT2D eigenvalue weighted by molar-refractivity contribution is -0.123. The molecule has 1 amide bonds. The molecule has 2 aromatic rings. The minimum absolute atomic E-state index is 0.0260. The van der Waals surface area contributed by atoms with Crippen molar-refractivity contribution in [2.45, 2.75) is 46.3 Å². The summed E-state index contributed by atoms with van der Waals surface area (Å²) < 4.78 is 12.1. The molecule has 0 aromatic heterocycles. The lowest BCUT2D eigenvalue weighted by atomic mass is 10.0. The molecule has 1 N–H and O–H groups in total. The summed E-state index contributed by atoms with van der Waals surface area (Å²) >= 11 is 3.50. The number of hydrogen-bond acceptors (Lipinski definition) is 3. The molecule has 4 nitrogen and oxygen atoms in total. The second-order valence-electron chi connectivity index (χ2n) is 6.72. The van der Waals surface area contributed by atoms with Crippen molar-refractivity contribution in [2.24, 2.45) is 0 Å². The summed E-state index contributed by atoms with van der Waals surface area (Å²) in [5.41, 5.74) is 2.20. The van der Waals surface area contributed by atoms with E-state index in [0.29, 0.717) is 18.2 Å². The normalized spacial score (nSPS) is 10.9. The summed E-state index contributed by atoms with van der Waals surface area (Å²) in [6.07, 6.45) is 0.119. The topological polar surface area (TPSA) is 47.6 Å². The third-order valence-electron chi connectivity index (χ3n) is 3.74. The number of rotatable bonds is 8. The van der Waals surface area contributed by atoms with Crippen molar-refractivity contribution in [2.75, 3.05) is 6.61 Å². The summed E-state index contributed by atoms with van der Waals surface area (Å²) in [7, 11) is 0. The van der Waals surface area contributed by atoms with Crippen LogP contribution >= 0.6 is 15.9 Å².